The Bertz CT molecular complexity index is 2010. The molecule has 4 aliphatic rings. The van der Waals surface area contributed by atoms with Gasteiger partial charge in [-0.15, -0.1) is 0 Å². The van der Waals surface area contributed by atoms with Crippen LogP contribution in [0.15, 0.2) is 24.5 Å². The molecular weight excluding hydrogens is 787 g/mol. The summed E-state index contributed by atoms with van der Waals surface area (Å²) in [6.45, 7) is 9.76. The number of ether oxygens (including phenoxy) is 2. The number of carbonyl (C=O) groups excluding carboxylic acids is 4. The van der Waals surface area contributed by atoms with E-state index in [4.69, 9.17) is 9.53 Å². The monoisotopic (exact) mass is 856 g/mol. The summed E-state index contributed by atoms with van der Waals surface area (Å²) in [5.41, 5.74) is 10.5. The largest absolute Gasteiger partial charge is 0.453 e. The number of benzene rings is 1. The number of fused-ring (bicyclic) bond motifs is 1. The number of hydrogen-bond donors (Lipinski definition) is 5. The van der Waals surface area contributed by atoms with Crippen LogP contribution in [-0.4, -0.2) is 109 Å². The van der Waals surface area contributed by atoms with Crippen LogP contribution in [0, 0.1) is 29.1 Å². The van der Waals surface area contributed by atoms with Gasteiger partial charge in [-0.2, -0.15) is 0 Å². The van der Waals surface area contributed by atoms with Crippen molar-refractivity contribution in [2.75, 3.05) is 54.6 Å². The van der Waals surface area contributed by atoms with Gasteiger partial charge in [-0.05, 0) is 106 Å². The van der Waals surface area contributed by atoms with Gasteiger partial charge in [-0.25, -0.2) is 14.8 Å². The van der Waals surface area contributed by atoms with E-state index in [1.54, 1.807) is 17.3 Å². The first kappa shape index (κ1) is 50.7. The van der Waals surface area contributed by atoms with Crippen LogP contribution in [-0.2, 0) is 36.7 Å². The molecule has 0 radical (unpaired) electrons. The van der Waals surface area contributed by atoms with Gasteiger partial charge < -0.3 is 45.6 Å². The van der Waals surface area contributed by atoms with Crippen molar-refractivity contribution in [1.82, 2.24) is 40.4 Å². The van der Waals surface area contributed by atoms with E-state index in [9.17, 15) is 14.4 Å². The predicted molar refractivity (Wildman–Crippen MR) is 241 cm³/mol. The van der Waals surface area contributed by atoms with Gasteiger partial charge in [-0.1, -0.05) is 65.2 Å². The Morgan fingerprint density at radius 1 is 0.806 bits per heavy atom. The molecule has 3 fully saturated rings. The summed E-state index contributed by atoms with van der Waals surface area (Å²) < 4.78 is 9.66. The normalized spacial score (nSPS) is 17.4. The summed E-state index contributed by atoms with van der Waals surface area (Å²) in [6.07, 6.45) is 16.0. The fourth-order valence-corrected chi connectivity index (χ4v) is 8.26. The van der Waals surface area contributed by atoms with Gasteiger partial charge in [0.05, 0.1) is 31.6 Å². The number of nitrogens with zero attached hydrogens (tertiary/aromatic N) is 4. The molecule has 1 spiro atoms. The number of H-pyrrole nitrogens is 2. The second-order valence-electron chi connectivity index (χ2n) is 15.9. The molecule has 0 bridgehead atoms. The molecule has 62 heavy (non-hydrogen) atoms. The summed E-state index contributed by atoms with van der Waals surface area (Å²) in [7, 11) is 6.56. The van der Waals surface area contributed by atoms with Crippen LogP contribution in [0.1, 0.15) is 149 Å². The van der Waals surface area contributed by atoms with E-state index < -0.39 is 6.09 Å². The number of imidazole rings is 2. The van der Waals surface area contributed by atoms with Crippen molar-refractivity contribution in [1.29, 1.82) is 0 Å². The topological polar surface area (TPSA) is 201 Å². The van der Waals surface area contributed by atoms with E-state index in [0.29, 0.717) is 24.6 Å². The molecule has 1 aromatic carbocycles. The summed E-state index contributed by atoms with van der Waals surface area (Å²) in [6, 6.07) is 3.90. The van der Waals surface area contributed by atoms with Crippen molar-refractivity contribution in [3.63, 3.8) is 0 Å². The number of likely N-dealkylation sites (tertiary alicyclic amines) is 2. The van der Waals surface area contributed by atoms with Gasteiger partial charge in [-0.3, -0.25) is 14.4 Å². The Morgan fingerprint density at radius 2 is 1.24 bits per heavy atom. The first-order valence-corrected chi connectivity index (χ1v) is 21.9. The zero-order chi connectivity index (χ0) is 45.5. The number of rotatable bonds is 6. The van der Waals surface area contributed by atoms with Crippen LogP contribution in [0.4, 0.5) is 4.79 Å². The number of primary amides is 1. The predicted octanol–water partition coefficient (Wildman–Crippen LogP) is 5.69. The lowest BCUT2D eigenvalue weighted by molar-refractivity contribution is -0.136. The number of aromatic amines is 2. The molecule has 2 aromatic heterocycles. The highest BCUT2D eigenvalue weighted by Crippen LogP contribution is 2.50. The Hall–Kier alpha value is -5.64. The molecule has 15 nitrogen and oxygen atoms in total. The van der Waals surface area contributed by atoms with Crippen molar-refractivity contribution in [2.45, 2.75) is 117 Å². The number of aromatic nitrogens is 4. The average Bonchev–Trinajstić information content (AvgIpc) is 4.12. The summed E-state index contributed by atoms with van der Waals surface area (Å²) in [5.74, 6) is 14.8. The van der Waals surface area contributed by atoms with Crippen LogP contribution in [0.5, 0.6) is 0 Å². The third-order valence-electron chi connectivity index (χ3n) is 10.7. The molecule has 338 valence electrons. The lowest BCUT2D eigenvalue weighted by atomic mass is 9.83. The fraction of sp³-hybridized carbons (Fsp3) is 0.574. The number of methoxy groups -OCH3 is 2. The highest BCUT2D eigenvalue weighted by Gasteiger charge is 2.41. The van der Waals surface area contributed by atoms with Gasteiger partial charge >= 0.3 is 6.09 Å². The van der Waals surface area contributed by atoms with E-state index in [1.807, 2.05) is 19.0 Å². The van der Waals surface area contributed by atoms with Gasteiger partial charge in [0.15, 0.2) is 0 Å². The van der Waals surface area contributed by atoms with Gasteiger partial charge in [0.1, 0.15) is 36.2 Å². The number of alkyl carbamates (subject to hydrolysis) is 1. The van der Waals surface area contributed by atoms with Crippen LogP contribution in [0.3, 0.4) is 0 Å². The number of nitrogens with two attached hydrogens (primary N) is 1. The zero-order valence-corrected chi connectivity index (χ0v) is 38.2. The summed E-state index contributed by atoms with van der Waals surface area (Å²) in [5, 5.41) is 5.22. The molecule has 15 heteroatoms. The summed E-state index contributed by atoms with van der Waals surface area (Å²) in [4.78, 5) is 64.9. The smallest absolute Gasteiger partial charge is 0.407 e. The fourth-order valence-electron chi connectivity index (χ4n) is 8.26. The Morgan fingerprint density at radius 3 is 1.66 bits per heavy atom. The van der Waals surface area contributed by atoms with E-state index in [0.717, 1.165) is 61.2 Å². The number of nitrogens with one attached hydrogen (secondary N) is 4. The van der Waals surface area contributed by atoms with Gasteiger partial charge in [0, 0.05) is 31.3 Å². The van der Waals surface area contributed by atoms with E-state index in [-0.39, 0.29) is 48.9 Å². The second kappa shape index (κ2) is 26.6. The van der Waals surface area contributed by atoms with Crippen molar-refractivity contribution >= 4 is 24.3 Å². The lowest BCUT2D eigenvalue weighted by Gasteiger charge is -2.23. The number of hydrogen-bond acceptors (Lipinski definition) is 9. The van der Waals surface area contributed by atoms with E-state index in [1.165, 1.54) is 63.9 Å². The molecule has 2 atom stereocenters. The minimum atomic E-state index is -0.633. The number of carbonyl (C=O) groups is 4. The van der Waals surface area contributed by atoms with Gasteiger partial charge in [0.2, 0.25) is 18.2 Å². The van der Waals surface area contributed by atoms with E-state index >= 15 is 0 Å². The minimum absolute atomic E-state index is 0.0228. The maximum absolute atomic E-state index is 12.8. The molecule has 6 N–H and O–H groups in total. The zero-order valence-electron chi connectivity index (χ0n) is 38.2. The highest BCUT2D eigenvalue weighted by atomic mass is 16.5. The average molecular weight is 856 g/mol. The van der Waals surface area contributed by atoms with Crippen molar-refractivity contribution in [2.24, 2.45) is 11.1 Å². The minimum Gasteiger partial charge on any atom is -0.453 e. The maximum Gasteiger partial charge on any atom is 0.407 e. The molecule has 2 saturated heterocycles. The second-order valence-corrected chi connectivity index (χ2v) is 15.9. The molecule has 2 aliphatic heterocycles. The molecule has 4 heterocycles. The molecule has 1 saturated carbocycles. The summed E-state index contributed by atoms with van der Waals surface area (Å²) >= 11 is 0. The van der Waals surface area contributed by atoms with Crippen molar-refractivity contribution in [3.05, 3.63) is 69.8 Å². The first-order chi connectivity index (χ1) is 30.0. The molecule has 2 aliphatic carbocycles. The van der Waals surface area contributed by atoms with Crippen LogP contribution in [0.25, 0.3) is 0 Å². The quantitative estimate of drug-likeness (QED) is 0.153. The Kier molecular flexibility index (Phi) is 21.8. The third kappa shape index (κ3) is 14.2. The Balaban J connectivity index is 0.000000768. The van der Waals surface area contributed by atoms with E-state index in [2.05, 4.69) is 105 Å². The number of amides is 4. The van der Waals surface area contributed by atoms with Crippen molar-refractivity contribution < 1.29 is 28.7 Å². The highest BCUT2D eigenvalue weighted by molar-refractivity contribution is 5.82. The molecule has 3 aromatic rings. The maximum atomic E-state index is 12.8. The molecule has 7 rings (SSSR count). The molecule has 1 unspecified atom stereocenters. The van der Waals surface area contributed by atoms with Crippen molar-refractivity contribution in [3.8, 4) is 23.7 Å². The molecule has 4 amide bonds. The lowest BCUT2D eigenvalue weighted by Crippen LogP contribution is -2.40. The Labute approximate surface area is 368 Å². The third-order valence-corrected chi connectivity index (χ3v) is 10.7. The standard InChI is InChI=1S/C38H43N7O5.2C3H8.C2H7N.CH3NO/c1-49-24-34(47)45-18-6-8-32(45)36-40-22-28(43-36)14-12-26-10-9-25(29-19-38(20-30(26)29)15-3-4-16-38)11-13-27-21-39-35(42-27)31-7-5-17-44(31)33(46)23-41-37(48)50-2;3*1-3-2;2-1-3/h9-10,21-22,31-32H,3-8,15-20,23-24H2,1-2H3,(H,39,42)(H,40,43)(H,41,48);2*3H2,1-2H3;3H,1-2H3;1H,(H2,2,3)/t31?,32-;;;;/m1..../s1. The van der Waals surface area contributed by atoms with Crippen LogP contribution < -0.4 is 16.4 Å². The SMILES string of the molecule is CCC.CCC.CNC.COCC(=O)N1CCC[C@@H]1c1ncc(C#Cc2ccc(C#Cc3cnc(C4CCCN4C(=O)CNC(=O)OC)[nH]3)c3c2CC2(CCCC2)C3)[nH]1.NC=O. The molecular formula is C47H69N9O6. The van der Waals surface area contributed by atoms with Gasteiger partial charge in [0.25, 0.3) is 0 Å². The van der Waals surface area contributed by atoms with Crippen LogP contribution in [0.2, 0.25) is 0 Å². The van der Waals surface area contributed by atoms with Crippen LogP contribution >= 0.6 is 0 Å². The first-order valence-electron chi connectivity index (χ1n) is 21.9.